The number of hydrogen-bond donors (Lipinski definition) is 0. The molecular formula is C20H30N6O6. The summed E-state index contributed by atoms with van der Waals surface area (Å²) in [4.78, 5) is 20.5. The fraction of sp³-hybridized carbons (Fsp3) is 0.700. The summed E-state index contributed by atoms with van der Waals surface area (Å²) >= 11 is 0. The smallest absolute Gasteiger partial charge is 0.376 e. The molecule has 2 atom stereocenters. The average Bonchev–Trinajstić information content (AvgIpc) is 3.32. The largest absolute Gasteiger partial charge is 0.390 e. The van der Waals surface area contributed by atoms with Crippen LogP contribution in [0.5, 0.6) is 0 Å². The Labute approximate surface area is 185 Å². The van der Waals surface area contributed by atoms with E-state index < -0.39 is 9.85 Å². The molecule has 32 heavy (non-hydrogen) atoms. The molecule has 176 valence electrons. The number of aryl methyl sites for hydroxylation is 2. The molecule has 0 N–H and O–H groups in total. The van der Waals surface area contributed by atoms with Crippen molar-refractivity contribution in [2.24, 2.45) is 0 Å². The molecule has 2 aromatic rings. The normalized spacial score (nSPS) is 20.9. The highest BCUT2D eigenvalue weighted by Gasteiger charge is 2.23. The molecule has 0 saturated carbocycles. The van der Waals surface area contributed by atoms with Gasteiger partial charge in [-0.05, 0) is 62.2 Å². The number of rotatable bonds is 6. The zero-order valence-electron chi connectivity index (χ0n) is 18.5. The van der Waals surface area contributed by atoms with Crippen molar-refractivity contribution >= 4 is 11.6 Å². The highest BCUT2D eigenvalue weighted by Crippen LogP contribution is 2.19. The van der Waals surface area contributed by atoms with Gasteiger partial charge in [-0.1, -0.05) is 5.10 Å². The highest BCUT2D eigenvalue weighted by atomic mass is 16.6. The molecule has 2 fully saturated rings. The van der Waals surface area contributed by atoms with Gasteiger partial charge in [-0.15, -0.1) is 4.68 Å². The van der Waals surface area contributed by atoms with Crippen LogP contribution in [-0.4, -0.2) is 54.8 Å². The van der Waals surface area contributed by atoms with Crippen molar-refractivity contribution in [1.82, 2.24) is 19.6 Å². The average molecular weight is 450 g/mol. The van der Waals surface area contributed by atoms with E-state index in [1.165, 1.54) is 16.8 Å². The van der Waals surface area contributed by atoms with Crippen LogP contribution in [0.2, 0.25) is 0 Å². The van der Waals surface area contributed by atoms with Gasteiger partial charge in [0.25, 0.3) is 0 Å². The summed E-state index contributed by atoms with van der Waals surface area (Å²) in [6.45, 7) is 6.20. The fourth-order valence-corrected chi connectivity index (χ4v) is 3.87. The van der Waals surface area contributed by atoms with E-state index in [4.69, 9.17) is 9.47 Å². The van der Waals surface area contributed by atoms with E-state index in [0.717, 1.165) is 57.4 Å². The van der Waals surface area contributed by atoms with Crippen LogP contribution in [0, 0.1) is 34.1 Å². The molecule has 0 radical (unpaired) electrons. The first-order valence-corrected chi connectivity index (χ1v) is 10.9. The van der Waals surface area contributed by atoms with E-state index in [-0.39, 0.29) is 23.8 Å². The second-order valence-corrected chi connectivity index (χ2v) is 8.14. The molecule has 12 nitrogen and oxygen atoms in total. The van der Waals surface area contributed by atoms with E-state index in [1.807, 2.05) is 6.92 Å². The minimum Gasteiger partial charge on any atom is -0.376 e. The Morgan fingerprint density at radius 2 is 1.50 bits per heavy atom. The van der Waals surface area contributed by atoms with Crippen LogP contribution in [0.1, 0.15) is 49.9 Å². The second-order valence-electron chi connectivity index (χ2n) is 8.14. The maximum absolute atomic E-state index is 10.8. The predicted octanol–water partition coefficient (Wildman–Crippen LogP) is 3.34. The zero-order valence-corrected chi connectivity index (χ0v) is 18.5. The van der Waals surface area contributed by atoms with Crippen LogP contribution in [0.3, 0.4) is 0 Å². The van der Waals surface area contributed by atoms with Gasteiger partial charge in [0.2, 0.25) is 0 Å². The molecule has 2 aromatic heterocycles. The van der Waals surface area contributed by atoms with E-state index in [9.17, 15) is 20.2 Å². The molecule has 0 spiro atoms. The third-order valence-electron chi connectivity index (χ3n) is 5.52. The van der Waals surface area contributed by atoms with Crippen LogP contribution in [0.4, 0.5) is 11.6 Å². The third-order valence-corrected chi connectivity index (χ3v) is 5.52. The van der Waals surface area contributed by atoms with Crippen LogP contribution in [0.25, 0.3) is 0 Å². The molecule has 2 aliphatic rings. The summed E-state index contributed by atoms with van der Waals surface area (Å²) in [5.74, 6) is -0.0417. The maximum Gasteiger partial charge on any atom is 0.390 e. The van der Waals surface area contributed by atoms with Crippen molar-refractivity contribution < 1.29 is 19.3 Å². The number of hydrogen-bond acceptors (Lipinski definition) is 8. The van der Waals surface area contributed by atoms with Crippen LogP contribution in [-0.2, 0) is 22.6 Å². The molecule has 4 rings (SSSR count). The van der Waals surface area contributed by atoms with Gasteiger partial charge < -0.3 is 29.7 Å². The van der Waals surface area contributed by atoms with Crippen molar-refractivity contribution in [3.8, 4) is 0 Å². The van der Waals surface area contributed by atoms with Gasteiger partial charge in [-0.3, -0.25) is 0 Å². The van der Waals surface area contributed by atoms with E-state index in [0.29, 0.717) is 18.8 Å². The van der Waals surface area contributed by atoms with Gasteiger partial charge in [0, 0.05) is 13.2 Å². The Morgan fingerprint density at radius 1 is 0.906 bits per heavy atom. The molecule has 2 aliphatic heterocycles. The van der Waals surface area contributed by atoms with Gasteiger partial charge in [-0.25, -0.2) is 0 Å². The van der Waals surface area contributed by atoms with Gasteiger partial charge in [0.1, 0.15) is 6.54 Å². The quantitative estimate of drug-likeness (QED) is 0.482. The van der Waals surface area contributed by atoms with Crippen LogP contribution in [0.15, 0.2) is 12.1 Å². The van der Waals surface area contributed by atoms with E-state index >= 15 is 0 Å². The Kier molecular flexibility index (Phi) is 8.28. The first kappa shape index (κ1) is 23.8. The SMILES string of the molecule is Cc1cc([N+](=O)[O-])n(CC2CCCCO2)n1.Cc1cc([N+](=O)[O-])nn1CC1CCCCO1. The molecular weight excluding hydrogens is 420 g/mol. The zero-order chi connectivity index (χ0) is 23.1. The van der Waals surface area contributed by atoms with Crippen molar-refractivity contribution in [2.45, 2.75) is 77.7 Å². The third kappa shape index (κ3) is 6.57. The van der Waals surface area contributed by atoms with Crippen molar-refractivity contribution in [3.05, 3.63) is 43.7 Å². The lowest BCUT2D eigenvalue weighted by atomic mass is 10.1. The summed E-state index contributed by atoms with van der Waals surface area (Å²) in [5.41, 5.74) is 1.48. The predicted molar refractivity (Wildman–Crippen MR) is 114 cm³/mol. The Morgan fingerprint density at radius 3 is 1.97 bits per heavy atom. The molecule has 2 saturated heterocycles. The van der Waals surface area contributed by atoms with Gasteiger partial charge in [0.05, 0.1) is 47.4 Å². The van der Waals surface area contributed by atoms with Crippen LogP contribution >= 0.6 is 0 Å². The van der Waals surface area contributed by atoms with Crippen LogP contribution < -0.4 is 0 Å². The Bertz CT molecular complexity index is 914. The van der Waals surface area contributed by atoms with Gasteiger partial charge in [0.15, 0.2) is 0 Å². The summed E-state index contributed by atoms with van der Waals surface area (Å²) in [6.07, 6.45) is 6.64. The monoisotopic (exact) mass is 450 g/mol. The lowest BCUT2D eigenvalue weighted by molar-refractivity contribution is -0.393. The molecule has 0 aromatic carbocycles. The Hall–Kier alpha value is -2.86. The summed E-state index contributed by atoms with van der Waals surface area (Å²) < 4.78 is 14.2. The Balaban J connectivity index is 0.000000181. The van der Waals surface area contributed by atoms with Crippen molar-refractivity contribution in [3.63, 3.8) is 0 Å². The number of aromatic nitrogens is 4. The second kappa shape index (κ2) is 11.1. The summed E-state index contributed by atoms with van der Waals surface area (Å²) in [5, 5.41) is 29.4. The number of nitro groups is 2. The molecule has 2 unspecified atom stereocenters. The molecule has 0 aliphatic carbocycles. The molecule has 12 heteroatoms. The molecule has 0 amide bonds. The fourth-order valence-electron chi connectivity index (χ4n) is 3.87. The first-order valence-electron chi connectivity index (χ1n) is 10.9. The summed E-state index contributed by atoms with van der Waals surface area (Å²) in [6, 6.07) is 2.98. The number of ether oxygens (including phenoxy) is 2. The molecule has 4 heterocycles. The lowest BCUT2D eigenvalue weighted by Gasteiger charge is -2.21. The standard InChI is InChI=1S/2C10H15N3O3/c1-8-6-10(13(14)15)11-12(8)7-9-4-2-3-5-16-9;1-8-6-10(13(14)15)12(11-8)7-9-4-2-3-5-16-9/h2*6,9H,2-5,7H2,1H3. The first-order chi connectivity index (χ1) is 15.3. The van der Waals surface area contributed by atoms with Gasteiger partial charge >= 0.3 is 11.6 Å². The lowest BCUT2D eigenvalue weighted by Crippen LogP contribution is -2.25. The molecule has 0 bridgehead atoms. The maximum atomic E-state index is 10.8. The highest BCUT2D eigenvalue weighted by molar-refractivity contribution is 5.22. The summed E-state index contributed by atoms with van der Waals surface area (Å²) in [7, 11) is 0. The minimum atomic E-state index is -0.467. The number of nitrogens with zero attached hydrogens (tertiary/aromatic N) is 6. The van der Waals surface area contributed by atoms with Crippen molar-refractivity contribution in [2.75, 3.05) is 13.2 Å². The van der Waals surface area contributed by atoms with Gasteiger partial charge in [-0.2, -0.15) is 4.68 Å². The van der Waals surface area contributed by atoms with E-state index in [1.54, 1.807) is 11.6 Å². The topological polar surface area (TPSA) is 140 Å². The van der Waals surface area contributed by atoms with E-state index in [2.05, 4.69) is 10.2 Å². The minimum absolute atomic E-state index is 0.0478. The van der Waals surface area contributed by atoms with Crippen molar-refractivity contribution in [1.29, 1.82) is 0 Å².